The Morgan fingerprint density at radius 3 is 2.29 bits per heavy atom. The number of nitrogens with one attached hydrogen (secondary N) is 1. The average molecular weight is 379 g/mol. The van der Waals surface area contributed by atoms with Gasteiger partial charge in [-0.3, -0.25) is 14.6 Å². The molecule has 0 saturated carbocycles. The lowest BCUT2D eigenvalue weighted by Crippen LogP contribution is -2.26. The summed E-state index contributed by atoms with van der Waals surface area (Å²) in [5.41, 5.74) is 4.15. The van der Waals surface area contributed by atoms with Crippen LogP contribution in [0.4, 0.5) is 4.39 Å². The van der Waals surface area contributed by atoms with Crippen molar-refractivity contribution in [2.24, 2.45) is 0 Å². The molecule has 1 amide bonds. The molecule has 1 aromatic carbocycles. The topological polar surface area (TPSA) is 64.0 Å². The fourth-order valence-electron chi connectivity index (χ4n) is 3.44. The molecule has 0 aliphatic carbocycles. The smallest absolute Gasteiger partial charge is 0.268 e. The number of Topliss-reactive ketones (excluding diaryl/α,β-unsaturated/α-hetero) is 1. The van der Waals surface area contributed by atoms with Gasteiger partial charge in [0.1, 0.15) is 11.5 Å². The quantitative estimate of drug-likeness (QED) is 0.662. The van der Waals surface area contributed by atoms with E-state index in [0.29, 0.717) is 29.9 Å². The number of carbonyl (C=O) groups excluding carboxylic acids is 2. The summed E-state index contributed by atoms with van der Waals surface area (Å²) in [5.74, 6) is -0.660. The van der Waals surface area contributed by atoms with E-state index in [2.05, 4.69) is 10.3 Å². The molecule has 0 radical (unpaired) electrons. The number of aromatic nitrogens is 2. The first-order valence-electron chi connectivity index (χ1n) is 9.00. The third kappa shape index (κ3) is 4.01. The molecule has 0 aliphatic heterocycles. The molecule has 2 aromatic heterocycles. The average Bonchev–Trinajstić information content (AvgIpc) is 2.92. The van der Waals surface area contributed by atoms with Crippen LogP contribution < -0.4 is 5.32 Å². The Kier molecular flexibility index (Phi) is 5.68. The summed E-state index contributed by atoms with van der Waals surface area (Å²) in [5, 5.41) is 2.91. The molecule has 5 nitrogen and oxygen atoms in total. The van der Waals surface area contributed by atoms with E-state index < -0.39 is 0 Å². The molecule has 3 rings (SSSR count). The van der Waals surface area contributed by atoms with Crippen molar-refractivity contribution >= 4 is 11.7 Å². The van der Waals surface area contributed by atoms with Gasteiger partial charge in [0.25, 0.3) is 5.91 Å². The van der Waals surface area contributed by atoms with E-state index >= 15 is 0 Å². The number of hydrogen-bond donors (Lipinski definition) is 1. The molecule has 0 unspecified atom stereocenters. The van der Waals surface area contributed by atoms with Crippen molar-refractivity contribution in [3.63, 3.8) is 0 Å². The Labute approximate surface area is 163 Å². The summed E-state index contributed by atoms with van der Waals surface area (Å²) in [6.45, 7) is 5.84. The van der Waals surface area contributed by atoms with Crippen molar-refractivity contribution in [2.75, 3.05) is 0 Å². The van der Waals surface area contributed by atoms with Gasteiger partial charge in [-0.05, 0) is 61.7 Å². The highest BCUT2D eigenvalue weighted by molar-refractivity contribution is 6.02. The monoisotopic (exact) mass is 379 g/mol. The van der Waals surface area contributed by atoms with Gasteiger partial charge < -0.3 is 9.88 Å². The van der Waals surface area contributed by atoms with Crippen LogP contribution in [0.5, 0.6) is 0 Å². The van der Waals surface area contributed by atoms with Crippen LogP contribution in [0.2, 0.25) is 0 Å². The molecular formula is C22H22FN3O2. The van der Waals surface area contributed by atoms with E-state index in [0.717, 1.165) is 16.8 Å². The van der Waals surface area contributed by atoms with Crippen LogP contribution in [-0.4, -0.2) is 21.2 Å². The SMILES string of the molecule is CC(=O)c1c(C)c(C(=O)NCc2ccncc2)n(Cc2ccc(F)cc2)c1C. The van der Waals surface area contributed by atoms with Crippen molar-refractivity contribution in [3.8, 4) is 0 Å². The number of ketones is 1. The van der Waals surface area contributed by atoms with Crippen LogP contribution in [0.1, 0.15) is 50.2 Å². The van der Waals surface area contributed by atoms with Crippen LogP contribution in [0.3, 0.4) is 0 Å². The molecule has 0 spiro atoms. The molecule has 0 saturated heterocycles. The van der Waals surface area contributed by atoms with Crippen molar-refractivity contribution < 1.29 is 14.0 Å². The summed E-state index contributed by atoms with van der Waals surface area (Å²) in [6, 6.07) is 9.78. The zero-order valence-electron chi connectivity index (χ0n) is 16.1. The normalized spacial score (nSPS) is 10.7. The molecule has 0 aliphatic rings. The highest BCUT2D eigenvalue weighted by Crippen LogP contribution is 2.24. The van der Waals surface area contributed by atoms with Gasteiger partial charge in [0.2, 0.25) is 0 Å². The summed E-state index contributed by atoms with van der Waals surface area (Å²) >= 11 is 0. The van der Waals surface area contributed by atoms with Crippen molar-refractivity contribution in [3.05, 3.63) is 88.3 Å². The number of halogens is 1. The first kappa shape index (κ1) is 19.5. The number of benzene rings is 1. The van der Waals surface area contributed by atoms with Crippen molar-refractivity contribution in [1.29, 1.82) is 0 Å². The lowest BCUT2D eigenvalue weighted by Gasteiger charge is -2.13. The number of rotatable bonds is 6. The zero-order valence-corrected chi connectivity index (χ0v) is 16.1. The molecule has 28 heavy (non-hydrogen) atoms. The zero-order chi connectivity index (χ0) is 20.3. The van der Waals surface area contributed by atoms with Gasteiger partial charge in [0.15, 0.2) is 5.78 Å². The van der Waals surface area contributed by atoms with Crippen LogP contribution >= 0.6 is 0 Å². The van der Waals surface area contributed by atoms with Gasteiger partial charge in [0, 0.05) is 36.7 Å². The summed E-state index contributed by atoms with van der Waals surface area (Å²) in [6.07, 6.45) is 3.34. The number of carbonyl (C=O) groups is 2. The number of nitrogens with zero attached hydrogens (tertiary/aromatic N) is 2. The number of pyridine rings is 1. The predicted octanol–water partition coefficient (Wildman–Crippen LogP) is 3.82. The molecule has 6 heteroatoms. The highest BCUT2D eigenvalue weighted by atomic mass is 19.1. The fraction of sp³-hybridized carbons (Fsp3) is 0.227. The summed E-state index contributed by atoms with van der Waals surface area (Å²) in [4.78, 5) is 29.1. The highest BCUT2D eigenvalue weighted by Gasteiger charge is 2.24. The maximum Gasteiger partial charge on any atom is 0.268 e. The second-order valence-electron chi connectivity index (χ2n) is 6.74. The first-order chi connectivity index (χ1) is 13.4. The standard InChI is InChI=1S/C22H22FN3O2/c1-14-20(16(3)27)15(2)26(13-18-4-6-19(23)7-5-18)21(14)22(28)25-12-17-8-10-24-11-9-17/h4-11H,12-13H2,1-3H3,(H,25,28). The Bertz CT molecular complexity index is 1010. The molecule has 3 aromatic rings. The molecule has 1 N–H and O–H groups in total. The van der Waals surface area contributed by atoms with E-state index in [1.54, 1.807) is 31.5 Å². The maximum atomic E-state index is 13.2. The van der Waals surface area contributed by atoms with E-state index in [9.17, 15) is 14.0 Å². The molecule has 144 valence electrons. The summed E-state index contributed by atoms with van der Waals surface area (Å²) < 4.78 is 15.0. The van der Waals surface area contributed by atoms with E-state index in [4.69, 9.17) is 0 Å². The van der Waals surface area contributed by atoms with E-state index in [-0.39, 0.29) is 17.5 Å². The minimum atomic E-state index is -0.316. The maximum absolute atomic E-state index is 13.2. The third-order valence-electron chi connectivity index (χ3n) is 4.79. The van der Waals surface area contributed by atoms with Crippen LogP contribution in [0, 0.1) is 19.7 Å². The summed E-state index contributed by atoms with van der Waals surface area (Å²) in [7, 11) is 0. The molecule has 0 fully saturated rings. The van der Waals surface area contributed by atoms with Crippen molar-refractivity contribution in [1.82, 2.24) is 14.9 Å². The number of hydrogen-bond acceptors (Lipinski definition) is 3. The Hall–Kier alpha value is -3.28. The van der Waals surface area contributed by atoms with Gasteiger partial charge in [-0.1, -0.05) is 12.1 Å². The third-order valence-corrected chi connectivity index (χ3v) is 4.79. The molecular weight excluding hydrogens is 357 g/mol. The lowest BCUT2D eigenvalue weighted by atomic mass is 10.1. The largest absolute Gasteiger partial charge is 0.347 e. The molecule has 0 atom stereocenters. The predicted molar refractivity (Wildman–Crippen MR) is 105 cm³/mol. The van der Waals surface area contributed by atoms with E-state index in [1.807, 2.05) is 23.6 Å². The minimum absolute atomic E-state index is 0.0870. The minimum Gasteiger partial charge on any atom is -0.347 e. The Morgan fingerprint density at radius 1 is 1.04 bits per heavy atom. The second kappa shape index (κ2) is 8.17. The van der Waals surface area contributed by atoms with Crippen LogP contribution in [-0.2, 0) is 13.1 Å². The van der Waals surface area contributed by atoms with Gasteiger partial charge in [-0.25, -0.2) is 4.39 Å². The number of amides is 1. The van der Waals surface area contributed by atoms with E-state index in [1.165, 1.54) is 19.1 Å². The van der Waals surface area contributed by atoms with Crippen molar-refractivity contribution in [2.45, 2.75) is 33.9 Å². The van der Waals surface area contributed by atoms with Gasteiger partial charge in [-0.15, -0.1) is 0 Å². The van der Waals surface area contributed by atoms with Gasteiger partial charge >= 0.3 is 0 Å². The lowest BCUT2D eigenvalue weighted by molar-refractivity contribution is 0.0940. The Balaban J connectivity index is 1.95. The van der Waals surface area contributed by atoms with Crippen LogP contribution in [0.25, 0.3) is 0 Å². The van der Waals surface area contributed by atoms with Crippen LogP contribution in [0.15, 0.2) is 48.8 Å². The Morgan fingerprint density at radius 2 is 1.68 bits per heavy atom. The van der Waals surface area contributed by atoms with Gasteiger partial charge in [0.05, 0.1) is 0 Å². The fourth-order valence-corrected chi connectivity index (χ4v) is 3.44. The molecule has 0 bridgehead atoms. The first-order valence-corrected chi connectivity index (χ1v) is 9.00. The van der Waals surface area contributed by atoms with Gasteiger partial charge in [-0.2, -0.15) is 0 Å². The second-order valence-corrected chi connectivity index (χ2v) is 6.74. The molecule has 2 heterocycles.